The van der Waals surface area contributed by atoms with Crippen LogP contribution in [0.25, 0.3) is 88.6 Å². The second-order valence-electron chi connectivity index (χ2n) is 12.7. The standard InChI is InChI=1S/2C24H16N2.Cu/c2*1-3-7-17(8-4-1)21-15-13-19-11-12-20-14-16-22(18-9-5-2-6-10-18)26-24(20)23(19)25-21;/h2*1-16H;. The molecule has 0 spiro atoms. The van der Waals surface area contributed by atoms with Gasteiger partial charge >= 0.3 is 0 Å². The minimum atomic E-state index is 0. The van der Waals surface area contributed by atoms with Gasteiger partial charge in [-0.1, -0.05) is 170 Å². The summed E-state index contributed by atoms with van der Waals surface area (Å²) in [6.45, 7) is 0. The summed E-state index contributed by atoms with van der Waals surface area (Å²) in [6.07, 6.45) is 0. The van der Waals surface area contributed by atoms with Crippen LogP contribution in [0.2, 0.25) is 0 Å². The maximum absolute atomic E-state index is 4.95. The fourth-order valence-corrected chi connectivity index (χ4v) is 6.61. The van der Waals surface area contributed by atoms with Gasteiger partial charge in [-0.2, -0.15) is 0 Å². The fraction of sp³-hybridized carbons (Fsp3) is 0. The Morgan fingerprint density at radius 2 is 0.396 bits per heavy atom. The summed E-state index contributed by atoms with van der Waals surface area (Å²) in [4.78, 5) is 19.8. The molecule has 4 aromatic heterocycles. The number of hydrogen-bond acceptors (Lipinski definition) is 4. The van der Waals surface area contributed by atoms with E-state index in [0.29, 0.717) is 0 Å². The summed E-state index contributed by atoms with van der Waals surface area (Å²) in [7, 11) is 0. The molecule has 0 unspecified atom stereocenters. The van der Waals surface area contributed by atoms with Crippen molar-refractivity contribution >= 4 is 43.6 Å². The number of benzene rings is 6. The molecule has 5 heteroatoms. The Morgan fingerprint density at radius 1 is 0.208 bits per heavy atom. The third-order valence-corrected chi connectivity index (χ3v) is 9.32. The first-order valence-corrected chi connectivity index (χ1v) is 17.4. The Morgan fingerprint density at radius 3 is 0.604 bits per heavy atom. The normalized spacial score (nSPS) is 10.9. The zero-order chi connectivity index (χ0) is 34.7. The fourth-order valence-electron chi connectivity index (χ4n) is 6.61. The molecule has 4 heterocycles. The van der Waals surface area contributed by atoms with E-state index in [1.807, 2.05) is 72.8 Å². The molecule has 53 heavy (non-hydrogen) atoms. The van der Waals surface area contributed by atoms with Crippen LogP contribution in [-0.2, 0) is 17.1 Å². The van der Waals surface area contributed by atoms with E-state index in [1.54, 1.807) is 0 Å². The Kier molecular flexibility index (Phi) is 9.51. The van der Waals surface area contributed by atoms with Gasteiger partial charge in [0.15, 0.2) is 0 Å². The van der Waals surface area contributed by atoms with E-state index in [9.17, 15) is 0 Å². The van der Waals surface area contributed by atoms with Gasteiger partial charge in [0.25, 0.3) is 0 Å². The van der Waals surface area contributed by atoms with Crippen LogP contribution in [0, 0.1) is 0 Å². The first-order valence-electron chi connectivity index (χ1n) is 17.4. The number of fused-ring (bicyclic) bond motifs is 6. The van der Waals surface area contributed by atoms with Gasteiger partial charge < -0.3 is 0 Å². The molecule has 0 atom stereocenters. The van der Waals surface area contributed by atoms with Crippen LogP contribution < -0.4 is 0 Å². The molecule has 6 aromatic carbocycles. The molecule has 255 valence electrons. The van der Waals surface area contributed by atoms with E-state index in [1.165, 1.54) is 0 Å². The van der Waals surface area contributed by atoms with E-state index in [-0.39, 0.29) is 17.1 Å². The van der Waals surface area contributed by atoms with Gasteiger partial charge in [0.05, 0.1) is 44.8 Å². The Balaban J connectivity index is 0.000000148. The smallest absolute Gasteiger partial charge is 0.0972 e. The van der Waals surface area contributed by atoms with Crippen molar-refractivity contribution in [3.63, 3.8) is 0 Å². The zero-order valence-corrected chi connectivity index (χ0v) is 29.5. The summed E-state index contributed by atoms with van der Waals surface area (Å²) in [6, 6.07) is 66.3. The van der Waals surface area contributed by atoms with Gasteiger partial charge in [0.1, 0.15) is 0 Å². The maximum atomic E-state index is 4.95. The minimum absolute atomic E-state index is 0. The van der Waals surface area contributed by atoms with E-state index in [2.05, 4.69) is 121 Å². The van der Waals surface area contributed by atoms with Crippen molar-refractivity contribution in [1.29, 1.82) is 0 Å². The maximum Gasteiger partial charge on any atom is 0.0972 e. The van der Waals surface area contributed by atoms with Crippen LogP contribution in [-0.4, -0.2) is 19.9 Å². The zero-order valence-electron chi connectivity index (χ0n) is 28.6. The third kappa shape index (κ3) is 6.92. The quantitative estimate of drug-likeness (QED) is 0.134. The van der Waals surface area contributed by atoms with Crippen molar-refractivity contribution < 1.29 is 17.1 Å². The number of rotatable bonds is 4. The van der Waals surface area contributed by atoms with Crippen LogP contribution >= 0.6 is 0 Å². The Bertz CT molecular complexity index is 2430. The monoisotopic (exact) mass is 727 g/mol. The number of nitrogens with zero attached hydrogens (tertiary/aromatic N) is 4. The molecule has 0 amide bonds. The first kappa shape index (κ1) is 33.6. The molecule has 0 saturated carbocycles. The predicted octanol–water partition coefficient (Wildman–Crippen LogP) is 12.2. The number of pyridine rings is 4. The molecule has 0 N–H and O–H groups in total. The second kappa shape index (κ2) is 15.0. The molecule has 0 aliphatic heterocycles. The van der Waals surface area contributed by atoms with Gasteiger partial charge in [0, 0.05) is 60.9 Å². The third-order valence-electron chi connectivity index (χ3n) is 9.32. The van der Waals surface area contributed by atoms with Crippen LogP contribution in [0.1, 0.15) is 0 Å². The van der Waals surface area contributed by atoms with Crippen molar-refractivity contribution in [1.82, 2.24) is 19.9 Å². The van der Waals surface area contributed by atoms with Crippen molar-refractivity contribution in [2.75, 3.05) is 0 Å². The van der Waals surface area contributed by atoms with Gasteiger partial charge in [-0.3, -0.25) is 0 Å². The summed E-state index contributed by atoms with van der Waals surface area (Å²) >= 11 is 0. The second-order valence-corrected chi connectivity index (χ2v) is 12.7. The van der Waals surface area contributed by atoms with Gasteiger partial charge in [0.2, 0.25) is 0 Å². The van der Waals surface area contributed by atoms with Gasteiger partial charge in [-0.25, -0.2) is 19.9 Å². The van der Waals surface area contributed by atoms with Crippen LogP contribution in [0.3, 0.4) is 0 Å². The number of aromatic nitrogens is 4. The molecule has 0 fully saturated rings. The van der Waals surface area contributed by atoms with E-state index >= 15 is 0 Å². The van der Waals surface area contributed by atoms with Crippen LogP contribution in [0.4, 0.5) is 0 Å². The molecular weight excluding hydrogens is 696 g/mol. The summed E-state index contributed by atoms with van der Waals surface area (Å²) in [5, 5.41) is 4.43. The number of hydrogen-bond donors (Lipinski definition) is 0. The van der Waals surface area contributed by atoms with Crippen LogP contribution in [0.5, 0.6) is 0 Å². The summed E-state index contributed by atoms with van der Waals surface area (Å²) < 4.78 is 0. The molecule has 10 aromatic rings. The van der Waals surface area contributed by atoms with Crippen LogP contribution in [0.15, 0.2) is 194 Å². The molecule has 10 rings (SSSR count). The Hall–Kier alpha value is -6.52. The Labute approximate surface area is 318 Å². The molecule has 1 radical (unpaired) electrons. The molecule has 0 bridgehead atoms. The predicted molar refractivity (Wildman–Crippen MR) is 216 cm³/mol. The summed E-state index contributed by atoms with van der Waals surface area (Å²) in [5.74, 6) is 0. The first-order chi connectivity index (χ1) is 25.8. The molecule has 0 aliphatic rings. The topological polar surface area (TPSA) is 51.6 Å². The van der Waals surface area contributed by atoms with E-state index in [0.717, 1.165) is 88.6 Å². The summed E-state index contributed by atoms with van der Waals surface area (Å²) in [5.41, 5.74) is 12.1. The van der Waals surface area contributed by atoms with Gasteiger partial charge in [-0.15, -0.1) is 0 Å². The largest absolute Gasteiger partial charge is 0.245 e. The van der Waals surface area contributed by atoms with Crippen molar-refractivity contribution in [3.05, 3.63) is 194 Å². The molecule has 0 aliphatic carbocycles. The van der Waals surface area contributed by atoms with Gasteiger partial charge in [-0.05, 0) is 24.3 Å². The molecular formula is C48H32CuN4. The average Bonchev–Trinajstić information content (AvgIpc) is 3.24. The molecule has 4 nitrogen and oxygen atoms in total. The van der Waals surface area contributed by atoms with Crippen molar-refractivity contribution in [2.24, 2.45) is 0 Å². The average molecular weight is 728 g/mol. The molecule has 0 saturated heterocycles. The van der Waals surface area contributed by atoms with Crippen molar-refractivity contribution in [3.8, 4) is 45.0 Å². The van der Waals surface area contributed by atoms with E-state index < -0.39 is 0 Å². The van der Waals surface area contributed by atoms with Crippen molar-refractivity contribution in [2.45, 2.75) is 0 Å². The SMILES string of the molecule is [Cu].c1ccc(-c2ccc3ccc4ccc(-c5ccccc5)nc4c3n2)cc1.c1ccc(-c2ccc3ccc4ccc(-c5ccccc5)nc4c3n2)cc1. The van der Waals surface area contributed by atoms with E-state index in [4.69, 9.17) is 19.9 Å². The minimum Gasteiger partial charge on any atom is -0.245 e.